The van der Waals surface area contributed by atoms with Crippen LogP contribution < -0.4 is 60.1 Å². The largest absolute Gasteiger partial charge is 0.455 e. The van der Waals surface area contributed by atoms with Gasteiger partial charge in [0.15, 0.2) is 17.5 Å². The predicted molar refractivity (Wildman–Crippen MR) is 294 cm³/mol. The fourth-order valence-corrected chi connectivity index (χ4v) is 9.34. The zero-order valence-corrected chi connectivity index (χ0v) is 36.3. The van der Waals surface area contributed by atoms with Crippen molar-refractivity contribution in [3.05, 3.63) is 133 Å². The molecule has 0 unspecified atom stereocenters. The highest BCUT2D eigenvalue weighted by Crippen LogP contribution is 2.39. The first-order valence-corrected chi connectivity index (χ1v) is 21.5. The van der Waals surface area contributed by atoms with E-state index in [1.807, 2.05) is 91.0 Å². The molecule has 0 saturated carbocycles. The lowest BCUT2D eigenvalue weighted by Gasteiger charge is -2.29. The second kappa shape index (κ2) is 16.7. The summed E-state index contributed by atoms with van der Waals surface area (Å²) in [5.41, 5.74) is 5.24. The molecule has 0 saturated heterocycles. The van der Waals surface area contributed by atoms with Gasteiger partial charge in [-0.25, -0.2) is 15.0 Å². The first-order chi connectivity index (χ1) is 32.8. The molecule has 0 bridgehead atoms. The van der Waals surface area contributed by atoms with Gasteiger partial charge in [-0.1, -0.05) is 159 Å². The maximum Gasteiger partial charge on any atom is 0.167 e. The minimum Gasteiger partial charge on any atom is -0.455 e. The molecule has 0 aliphatic carbocycles. The van der Waals surface area contributed by atoms with E-state index in [-0.39, 0.29) is 88.2 Å². The minimum atomic E-state index is -0.0447. The van der Waals surface area contributed by atoms with Gasteiger partial charge in [0, 0.05) is 21.9 Å². The van der Waals surface area contributed by atoms with E-state index < -0.39 is 0 Å². The van der Waals surface area contributed by atoms with Crippen molar-refractivity contribution >= 4 is 190 Å². The summed E-state index contributed by atoms with van der Waals surface area (Å²) in [7, 11) is 74.6. The number of nitrogens with zero attached hydrogens (tertiary/aromatic N) is 3. The highest BCUT2D eigenvalue weighted by molar-refractivity contribution is 6.71. The Morgan fingerprint density at radius 2 is 0.765 bits per heavy atom. The monoisotopic (exact) mass is 837 g/mol. The molecule has 0 amide bonds. The molecule has 0 aliphatic heterocycles. The summed E-state index contributed by atoms with van der Waals surface area (Å²) in [6.07, 6.45) is 0. The van der Waals surface area contributed by atoms with E-state index in [9.17, 15) is 0 Å². The third-order valence-corrected chi connectivity index (χ3v) is 12.8. The van der Waals surface area contributed by atoms with Crippen molar-refractivity contribution in [2.24, 2.45) is 0 Å². The normalized spacial score (nSPS) is 11.6. The molecule has 0 N–H and O–H groups in total. The van der Waals surface area contributed by atoms with E-state index in [2.05, 4.69) is 42.5 Å². The Labute approximate surface area is 408 Å². The predicted octanol–water partition coefficient (Wildman–Crippen LogP) is 0.811. The van der Waals surface area contributed by atoms with Crippen molar-refractivity contribution in [2.75, 3.05) is 0 Å². The number of hydrogen-bond acceptors (Lipinski definition) is 4. The van der Waals surface area contributed by atoms with Crippen LogP contribution in [0.4, 0.5) is 0 Å². The Kier molecular flexibility index (Phi) is 10.7. The van der Waals surface area contributed by atoms with Gasteiger partial charge in [0.25, 0.3) is 0 Å². The molecule has 22 radical (unpaired) electrons. The third-order valence-electron chi connectivity index (χ3n) is 12.8. The van der Waals surface area contributed by atoms with E-state index in [0.29, 0.717) is 39.2 Å². The van der Waals surface area contributed by atoms with Crippen LogP contribution in [0.15, 0.2) is 138 Å². The van der Waals surface area contributed by atoms with Gasteiger partial charge >= 0.3 is 0 Å². The number of benzene rings is 9. The maximum atomic E-state index is 7.44. The molecule has 2 heterocycles. The Hall–Kier alpha value is -6.98. The van der Waals surface area contributed by atoms with Gasteiger partial charge in [-0.3, -0.25) is 0 Å². The maximum absolute atomic E-state index is 7.44. The van der Waals surface area contributed by atoms with Crippen LogP contribution in [-0.2, 0) is 0 Å². The molecule has 11 rings (SSSR count). The second-order valence-electron chi connectivity index (χ2n) is 16.7. The summed E-state index contributed by atoms with van der Waals surface area (Å²) < 4.78 is 6.81. The van der Waals surface area contributed by atoms with Crippen molar-refractivity contribution in [3.8, 4) is 67.5 Å². The second-order valence-corrected chi connectivity index (χ2v) is 16.7. The van der Waals surface area contributed by atoms with E-state index in [1.165, 1.54) is 0 Å². The Balaban J connectivity index is 1.22. The van der Waals surface area contributed by atoms with E-state index >= 15 is 0 Å². The minimum absolute atomic E-state index is 0.00856. The first kappa shape index (κ1) is 43.6. The summed E-state index contributed by atoms with van der Waals surface area (Å²) in [4.78, 5) is 15.4. The van der Waals surface area contributed by atoms with Crippen LogP contribution in [0.5, 0.6) is 0 Å². The smallest absolute Gasteiger partial charge is 0.167 e. The van der Waals surface area contributed by atoms with E-state index in [1.54, 1.807) is 0 Å². The van der Waals surface area contributed by atoms with Gasteiger partial charge in [0.1, 0.15) is 97.5 Å². The zero-order chi connectivity index (χ0) is 47.3. The van der Waals surface area contributed by atoms with Gasteiger partial charge < -0.3 is 4.42 Å². The number of aromatic nitrogens is 3. The zero-order valence-electron chi connectivity index (χ0n) is 36.3. The van der Waals surface area contributed by atoms with Gasteiger partial charge in [0.2, 0.25) is 0 Å². The highest BCUT2D eigenvalue weighted by Gasteiger charge is 2.28. The lowest BCUT2D eigenvalue weighted by molar-refractivity contribution is 0.670. The Morgan fingerprint density at radius 1 is 0.294 bits per heavy atom. The van der Waals surface area contributed by atoms with Gasteiger partial charge in [-0.2, -0.15) is 0 Å². The molecule has 2 aromatic heterocycles. The average Bonchev–Trinajstić information content (AvgIpc) is 3.76. The molecule has 0 atom stereocenters. The molecule has 288 valence electrons. The van der Waals surface area contributed by atoms with Crippen molar-refractivity contribution in [1.29, 1.82) is 0 Å². The molecule has 4 nitrogen and oxygen atoms in total. The quantitative estimate of drug-likeness (QED) is 0.233. The molecule has 68 heavy (non-hydrogen) atoms. The number of rotatable bonds is 6. The van der Waals surface area contributed by atoms with Crippen LogP contribution >= 0.6 is 0 Å². The highest BCUT2D eigenvalue weighted by atomic mass is 16.3. The number of fused-ring (bicyclic) bond motifs is 6. The van der Waals surface area contributed by atoms with Crippen molar-refractivity contribution < 1.29 is 4.42 Å². The summed E-state index contributed by atoms with van der Waals surface area (Å²) in [5, 5.41) is 5.28. The molecule has 0 fully saturated rings. The van der Waals surface area contributed by atoms with E-state index in [4.69, 9.17) is 106 Å². The average molecular weight is 836 g/mol. The standard InChI is InChI=1S/C53H22B11N3O/c54-39-33(34-41(56)43(58)35(44(59)42(34)57)36-45(60)47(62)49(64)48(63)46(36)61)40(55)38(50-37(39)32-30-16-7-6-10-24(30)19-20-31(32)68-50)53-66-51(25-11-2-1-3-12-25)65-52(67-53)29-15-8-14-27(22-29)28-18-17-23-9-4-5-13-26(23)21-28/h1-22H. The molecule has 0 spiro atoms. The van der Waals surface area contributed by atoms with Crippen LogP contribution in [0, 0.1) is 0 Å². The number of furan rings is 1. The molecule has 11 aromatic rings. The van der Waals surface area contributed by atoms with Gasteiger partial charge in [-0.05, 0) is 73.1 Å². The fourth-order valence-electron chi connectivity index (χ4n) is 9.34. The first-order valence-electron chi connectivity index (χ1n) is 21.5. The molecule has 0 aliphatic rings. The summed E-state index contributed by atoms with van der Waals surface area (Å²) in [6, 6.07) is 44.0. The summed E-state index contributed by atoms with van der Waals surface area (Å²) >= 11 is 0. The van der Waals surface area contributed by atoms with Crippen LogP contribution in [0.2, 0.25) is 0 Å². The van der Waals surface area contributed by atoms with E-state index in [0.717, 1.165) is 43.8 Å². The molecular weight excluding hydrogens is 814 g/mol. The number of hydrogen-bond donors (Lipinski definition) is 0. The Bertz CT molecular complexity index is 3890. The summed E-state index contributed by atoms with van der Waals surface area (Å²) in [5.74, 6) is 0.932. The fraction of sp³-hybridized carbons (Fsp3) is 0. The van der Waals surface area contributed by atoms with Crippen LogP contribution in [0.1, 0.15) is 0 Å². The molecule has 15 heteroatoms. The van der Waals surface area contributed by atoms with Crippen molar-refractivity contribution in [3.63, 3.8) is 0 Å². The van der Waals surface area contributed by atoms with Crippen LogP contribution in [0.25, 0.3) is 111 Å². The van der Waals surface area contributed by atoms with Crippen LogP contribution in [0.3, 0.4) is 0 Å². The SMILES string of the molecule is [B]c1c([B])c([B])c(-c2c([B])c([B])c(-c3c([B])c(-c4nc(-c5ccccc5)nc(-c5cccc(-c6ccc7ccccc7c6)c5)n4)c4oc5ccc6ccccc6c5c4c3[B])c([B])c2[B])c([B])c1[B]. The van der Waals surface area contributed by atoms with Crippen molar-refractivity contribution in [2.45, 2.75) is 0 Å². The van der Waals surface area contributed by atoms with Crippen LogP contribution in [-0.4, -0.2) is 101 Å². The van der Waals surface area contributed by atoms with Gasteiger partial charge in [-0.15, -0.1) is 16.4 Å². The van der Waals surface area contributed by atoms with Gasteiger partial charge in [0.05, 0.1) is 5.56 Å². The lowest BCUT2D eigenvalue weighted by atomic mass is 9.55. The molecule has 9 aromatic carbocycles. The Morgan fingerprint density at radius 3 is 1.43 bits per heavy atom. The lowest BCUT2D eigenvalue weighted by Crippen LogP contribution is -2.57. The molecular formula is C53H22B11N3O. The topological polar surface area (TPSA) is 51.8 Å². The third kappa shape index (κ3) is 6.79. The van der Waals surface area contributed by atoms with Crippen molar-refractivity contribution in [1.82, 2.24) is 15.0 Å². The summed E-state index contributed by atoms with van der Waals surface area (Å²) in [6.45, 7) is 0.